The van der Waals surface area contributed by atoms with Crippen LogP contribution in [0.25, 0.3) is 22.2 Å². The van der Waals surface area contributed by atoms with Crippen molar-refractivity contribution in [3.05, 3.63) is 71.7 Å². The predicted molar refractivity (Wildman–Crippen MR) is 115 cm³/mol. The highest BCUT2D eigenvalue weighted by Gasteiger charge is 2.15. The monoisotopic (exact) mass is 417 g/mol. The minimum Gasteiger partial charge on any atom is -0.370 e. The van der Waals surface area contributed by atoms with Crippen molar-refractivity contribution in [1.82, 2.24) is 30.5 Å². The van der Waals surface area contributed by atoms with Gasteiger partial charge in [0.2, 0.25) is 0 Å². The van der Waals surface area contributed by atoms with Crippen LogP contribution in [0.2, 0.25) is 0 Å². The molecule has 0 aliphatic carbocycles. The number of carbonyl (C=O) groups excluding carboxylic acids is 1. The first-order valence-electron chi connectivity index (χ1n) is 9.70. The average Bonchev–Trinajstić information content (AvgIpc) is 2.80. The van der Waals surface area contributed by atoms with Crippen molar-refractivity contribution in [2.45, 2.75) is 13.3 Å². The van der Waals surface area contributed by atoms with Crippen LogP contribution in [-0.4, -0.2) is 44.6 Å². The van der Waals surface area contributed by atoms with E-state index in [1.807, 2.05) is 19.1 Å². The summed E-state index contributed by atoms with van der Waals surface area (Å²) >= 11 is 0. The molecule has 0 atom stereocenters. The summed E-state index contributed by atoms with van der Waals surface area (Å²) in [6, 6.07) is 8.31. The molecule has 0 radical (unpaired) electrons. The van der Waals surface area contributed by atoms with Gasteiger partial charge in [0.25, 0.3) is 5.91 Å². The number of nitrogens with one attached hydrogen (secondary N) is 2. The Morgan fingerprint density at radius 3 is 2.81 bits per heavy atom. The van der Waals surface area contributed by atoms with Crippen molar-refractivity contribution in [2.24, 2.45) is 0 Å². The van der Waals surface area contributed by atoms with Gasteiger partial charge in [-0.25, -0.2) is 14.4 Å². The number of amides is 1. The largest absolute Gasteiger partial charge is 0.370 e. The third kappa shape index (κ3) is 4.30. The molecular formula is C22H20FN7O. The quantitative estimate of drug-likeness (QED) is 0.497. The molecule has 2 N–H and O–H groups in total. The van der Waals surface area contributed by atoms with Gasteiger partial charge in [0.05, 0.1) is 28.7 Å². The van der Waals surface area contributed by atoms with Gasteiger partial charge in [-0.3, -0.25) is 9.78 Å². The van der Waals surface area contributed by atoms with Gasteiger partial charge in [-0.05, 0) is 37.1 Å². The Kier molecular flexibility index (Phi) is 5.74. The van der Waals surface area contributed by atoms with E-state index in [9.17, 15) is 9.18 Å². The topological polar surface area (TPSA) is 106 Å². The zero-order valence-electron chi connectivity index (χ0n) is 17.1. The van der Waals surface area contributed by atoms with Gasteiger partial charge in [0, 0.05) is 36.8 Å². The highest BCUT2D eigenvalue weighted by Crippen LogP contribution is 2.24. The number of aromatic nitrogens is 5. The second-order valence-electron chi connectivity index (χ2n) is 6.92. The van der Waals surface area contributed by atoms with Crippen LogP contribution in [0.5, 0.6) is 0 Å². The Morgan fingerprint density at radius 1 is 1.13 bits per heavy atom. The summed E-state index contributed by atoms with van der Waals surface area (Å²) in [6.45, 7) is 2.41. The number of anilines is 1. The number of hydrogen-bond donors (Lipinski definition) is 2. The van der Waals surface area contributed by atoms with Crippen molar-refractivity contribution in [3.63, 3.8) is 0 Å². The molecule has 31 heavy (non-hydrogen) atoms. The summed E-state index contributed by atoms with van der Waals surface area (Å²) in [7, 11) is 1.51. The van der Waals surface area contributed by atoms with Gasteiger partial charge in [0.1, 0.15) is 18.0 Å². The molecule has 4 aromatic rings. The molecule has 0 saturated heterocycles. The van der Waals surface area contributed by atoms with Crippen LogP contribution < -0.4 is 10.6 Å². The Hall–Kier alpha value is -4.01. The lowest BCUT2D eigenvalue weighted by Gasteiger charge is -2.11. The summed E-state index contributed by atoms with van der Waals surface area (Å²) in [6.07, 6.45) is 5.22. The lowest BCUT2D eigenvalue weighted by Crippen LogP contribution is -2.18. The second-order valence-corrected chi connectivity index (χ2v) is 6.92. The minimum absolute atomic E-state index is 0.226. The lowest BCUT2D eigenvalue weighted by atomic mass is 10.0. The zero-order chi connectivity index (χ0) is 21.8. The van der Waals surface area contributed by atoms with Gasteiger partial charge in [-0.15, -0.1) is 0 Å². The Morgan fingerprint density at radius 2 is 2.00 bits per heavy atom. The number of halogens is 1. The highest BCUT2D eigenvalue weighted by molar-refractivity contribution is 6.06. The van der Waals surface area contributed by atoms with Crippen molar-refractivity contribution in [3.8, 4) is 11.3 Å². The van der Waals surface area contributed by atoms with E-state index < -0.39 is 5.82 Å². The van der Waals surface area contributed by atoms with Gasteiger partial charge >= 0.3 is 0 Å². The number of hydrogen-bond acceptors (Lipinski definition) is 7. The molecule has 0 aliphatic heterocycles. The van der Waals surface area contributed by atoms with Crippen LogP contribution in [0.4, 0.5) is 10.2 Å². The van der Waals surface area contributed by atoms with Gasteiger partial charge in [-0.2, -0.15) is 10.2 Å². The van der Waals surface area contributed by atoms with Crippen molar-refractivity contribution >= 4 is 22.6 Å². The Labute approximate surface area is 178 Å². The standard InChI is InChI=1S/C22H20FN7O/c1-13-9-15(11-29-30-13)18-10-19(28-12-27-18)25-7-5-14-3-4-17(23)20-16(22(31)24-2)6-8-26-21(14)20/h3-4,6,8-12H,5,7H2,1-2H3,(H,24,31)(H,25,27,28). The fourth-order valence-electron chi connectivity index (χ4n) is 3.36. The predicted octanol–water partition coefficient (Wildman–Crippen LogP) is 2.94. The van der Waals surface area contributed by atoms with Gasteiger partial charge in [-0.1, -0.05) is 6.07 Å². The molecule has 0 unspecified atom stereocenters. The molecule has 0 fully saturated rings. The van der Waals surface area contributed by atoms with Gasteiger partial charge < -0.3 is 10.6 Å². The SMILES string of the molecule is CNC(=O)c1ccnc2c(CCNc3cc(-c4cnnc(C)c4)ncn3)ccc(F)c12. The van der Waals surface area contributed by atoms with E-state index >= 15 is 0 Å². The van der Waals surface area contributed by atoms with Crippen molar-refractivity contribution in [2.75, 3.05) is 18.9 Å². The number of benzene rings is 1. The summed E-state index contributed by atoms with van der Waals surface area (Å²) < 4.78 is 14.5. The third-order valence-corrected chi connectivity index (χ3v) is 4.84. The highest BCUT2D eigenvalue weighted by atomic mass is 19.1. The number of fused-ring (bicyclic) bond motifs is 1. The van der Waals surface area contributed by atoms with Crippen LogP contribution in [-0.2, 0) is 6.42 Å². The van der Waals surface area contributed by atoms with Crippen LogP contribution in [0, 0.1) is 12.7 Å². The summed E-state index contributed by atoms with van der Waals surface area (Å²) in [5.74, 6) is -0.166. The Balaban J connectivity index is 1.54. The summed E-state index contributed by atoms with van der Waals surface area (Å²) in [5, 5.41) is 13.9. The number of carbonyl (C=O) groups is 1. The van der Waals surface area contributed by atoms with Gasteiger partial charge in [0.15, 0.2) is 0 Å². The van der Waals surface area contributed by atoms with E-state index in [0.29, 0.717) is 24.3 Å². The molecule has 3 aromatic heterocycles. The number of aryl methyl sites for hydroxylation is 1. The van der Waals surface area contributed by atoms with E-state index in [1.165, 1.54) is 31.7 Å². The smallest absolute Gasteiger partial charge is 0.251 e. The van der Waals surface area contributed by atoms with Crippen LogP contribution in [0.15, 0.2) is 49.1 Å². The maximum atomic E-state index is 14.5. The zero-order valence-corrected chi connectivity index (χ0v) is 17.1. The first-order chi connectivity index (χ1) is 15.1. The Bertz CT molecular complexity index is 1260. The molecule has 0 spiro atoms. The molecule has 9 heteroatoms. The van der Waals surface area contributed by atoms with Crippen LogP contribution in [0.3, 0.4) is 0 Å². The molecular weight excluding hydrogens is 397 g/mol. The molecule has 3 heterocycles. The number of nitrogens with zero attached hydrogens (tertiary/aromatic N) is 5. The molecule has 1 amide bonds. The number of rotatable bonds is 6. The second kappa shape index (κ2) is 8.78. The fourth-order valence-corrected chi connectivity index (χ4v) is 3.36. The minimum atomic E-state index is -0.472. The van der Waals surface area contributed by atoms with Crippen molar-refractivity contribution in [1.29, 1.82) is 0 Å². The molecule has 1 aromatic carbocycles. The van der Waals surface area contributed by atoms with E-state index in [-0.39, 0.29) is 16.9 Å². The first kappa shape index (κ1) is 20.3. The number of pyridine rings is 1. The van der Waals surface area contributed by atoms with Crippen LogP contribution >= 0.6 is 0 Å². The van der Waals surface area contributed by atoms with E-state index in [4.69, 9.17) is 0 Å². The maximum absolute atomic E-state index is 14.5. The maximum Gasteiger partial charge on any atom is 0.251 e. The molecule has 0 aliphatic rings. The first-order valence-corrected chi connectivity index (χ1v) is 9.70. The fraction of sp³-hybridized carbons (Fsp3) is 0.182. The molecule has 0 saturated carbocycles. The lowest BCUT2D eigenvalue weighted by molar-refractivity contribution is 0.0964. The third-order valence-electron chi connectivity index (χ3n) is 4.84. The average molecular weight is 417 g/mol. The molecule has 0 bridgehead atoms. The molecule has 156 valence electrons. The molecule has 8 nitrogen and oxygen atoms in total. The normalized spacial score (nSPS) is 10.8. The van der Waals surface area contributed by atoms with E-state index in [0.717, 1.165) is 22.5 Å². The van der Waals surface area contributed by atoms with Crippen LogP contribution in [0.1, 0.15) is 21.6 Å². The van der Waals surface area contributed by atoms with E-state index in [2.05, 4.69) is 35.8 Å². The van der Waals surface area contributed by atoms with Crippen molar-refractivity contribution < 1.29 is 9.18 Å². The summed E-state index contributed by atoms with van der Waals surface area (Å²) in [5.41, 5.74) is 3.97. The van der Waals surface area contributed by atoms with E-state index in [1.54, 1.807) is 12.3 Å². The molecule has 4 rings (SSSR count). The summed E-state index contributed by atoms with van der Waals surface area (Å²) in [4.78, 5) is 25.0.